The maximum absolute atomic E-state index is 4.30. The normalized spacial score (nSPS) is 10.5. The molecular formula is C10H19N5. The zero-order valence-electron chi connectivity index (χ0n) is 9.83. The van der Waals surface area contributed by atoms with E-state index in [4.69, 9.17) is 0 Å². The third-order valence-electron chi connectivity index (χ3n) is 1.94. The summed E-state index contributed by atoms with van der Waals surface area (Å²) in [5.74, 6) is 1.52. The molecule has 5 heteroatoms. The molecule has 1 heterocycles. The number of hydrogen-bond donors (Lipinski definition) is 2. The average molecular weight is 209 g/mol. The molecule has 1 aromatic rings. The standard InChI is InChI=1S/C10H19N5/c1-8-7-9(12-5-6-15(3)4)14-10(11-2)13-8/h7H,5-6H2,1-4H3,(H2,11,12,13,14). The molecule has 0 saturated carbocycles. The van der Waals surface area contributed by atoms with Crippen LogP contribution in [0.3, 0.4) is 0 Å². The fourth-order valence-electron chi connectivity index (χ4n) is 1.18. The molecule has 1 rings (SSSR count). The number of likely N-dealkylation sites (N-methyl/N-ethyl adjacent to an activating group) is 1. The van der Waals surface area contributed by atoms with Gasteiger partial charge in [-0.25, -0.2) is 4.98 Å². The summed E-state index contributed by atoms with van der Waals surface area (Å²) >= 11 is 0. The van der Waals surface area contributed by atoms with Crippen molar-refractivity contribution in [3.63, 3.8) is 0 Å². The van der Waals surface area contributed by atoms with Gasteiger partial charge in [0.15, 0.2) is 0 Å². The van der Waals surface area contributed by atoms with Crippen LogP contribution in [0.2, 0.25) is 0 Å². The Morgan fingerprint density at radius 3 is 2.67 bits per heavy atom. The molecule has 15 heavy (non-hydrogen) atoms. The second-order valence-electron chi connectivity index (χ2n) is 3.70. The number of aryl methyl sites for hydroxylation is 1. The van der Waals surface area contributed by atoms with Crippen molar-refractivity contribution in [3.8, 4) is 0 Å². The summed E-state index contributed by atoms with van der Waals surface area (Å²) in [6.45, 7) is 3.82. The van der Waals surface area contributed by atoms with Crippen LogP contribution in [0.1, 0.15) is 5.69 Å². The summed E-state index contributed by atoms with van der Waals surface area (Å²) in [5, 5.41) is 6.19. The Morgan fingerprint density at radius 1 is 1.33 bits per heavy atom. The molecule has 0 aliphatic carbocycles. The molecule has 0 fully saturated rings. The maximum Gasteiger partial charge on any atom is 0.224 e. The highest BCUT2D eigenvalue weighted by molar-refractivity contribution is 5.41. The van der Waals surface area contributed by atoms with Gasteiger partial charge in [0.2, 0.25) is 5.95 Å². The highest BCUT2D eigenvalue weighted by Gasteiger charge is 1.99. The third-order valence-corrected chi connectivity index (χ3v) is 1.94. The predicted molar refractivity (Wildman–Crippen MR) is 63.4 cm³/mol. The van der Waals surface area contributed by atoms with Crippen LogP contribution in [0, 0.1) is 6.92 Å². The molecule has 0 aliphatic rings. The smallest absolute Gasteiger partial charge is 0.224 e. The highest BCUT2D eigenvalue weighted by atomic mass is 15.1. The summed E-state index contributed by atoms with van der Waals surface area (Å²) in [6.07, 6.45) is 0. The first kappa shape index (κ1) is 11.7. The summed E-state index contributed by atoms with van der Waals surface area (Å²) in [7, 11) is 5.91. The number of anilines is 2. The fourth-order valence-corrected chi connectivity index (χ4v) is 1.18. The number of rotatable bonds is 5. The molecule has 0 bridgehead atoms. The van der Waals surface area contributed by atoms with Gasteiger partial charge in [0.25, 0.3) is 0 Å². The fraction of sp³-hybridized carbons (Fsp3) is 0.600. The van der Waals surface area contributed by atoms with Gasteiger partial charge >= 0.3 is 0 Å². The molecule has 84 valence electrons. The van der Waals surface area contributed by atoms with Crippen molar-refractivity contribution in [2.45, 2.75) is 6.92 Å². The van der Waals surface area contributed by atoms with Crippen LogP contribution < -0.4 is 10.6 Å². The highest BCUT2D eigenvalue weighted by Crippen LogP contribution is 2.08. The molecule has 0 unspecified atom stereocenters. The lowest BCUT2D eigenvalue weighted by molar-refractivity contribution is 0.425. The van der Waals surface area contributed by atoms with Gasteiger partial charge in [-0.15, -0.1) is 0 Å². The van der Waals surface area contributed by atoms with Gasteiger partial charge in [0, 0.05) is 31.9 Å². The van der Waals surface area contributed by atoms with E-state index >= 15 is 0 Å². The van der Waals surface area contributed by atoms with Crippen molar-refractivity contribution in [3.05, 3.63) is 11.8 Å². The van der Waals surface area contributed by atoms with E-state index in [0.29, 0.717) is 5.95 Å². The minimum Gasteiger partial charge on any atom is -0.369 e. The van der Waals surface area contributed by atoms with Crippen molar-refractivity contribution < 1.29 is 0 Å². The second-order valence-corrected chi connectivity index (χ2v) is 3.70. The van der Waals surface area contributed by atoms with Gasteiger partial charge < -0.3 is 15.5 Å². The Bertz CT molecular complexity index is 311. The van der Waals surface area contributed by atoms with Crippen molar-refractivity contribution >= 4 is 11.8 Å². The number of hydrogen-bond acceptors (Lipinski definition) is 5. The van der Waals surface area contributed by atoms with Crippen LogP contribution in [0.25, 0.3) is 0 Å². The molecule has 0 spiro atoms. The SMILES string of the molecule is CNc1nc(C)cc(NCCN(C)C)n1. The Kier molecular flexibility index (Phi) is 4.30. The summed E-state index contributed by atoms with van der Waals surface area (Å²) in [5.41, 5.74) is 0.960. The van der Waals surface area contributed by atoms with E-state index in [9.17, 15) is 0 Å². The largest absolute Gasteiger partial charge is 0.369 e. The third kappa shape index (κ3) is 4.12. The average Bonchev–Trinajstić information content (AvgIpc) is 2.16. The number of nitrogens with zero attached hydrogens (tertiary/aromatic N) is 3. The van der Waals surface area contributed by atoms with Gasteiger partial charge in [-0.2, -0.15) is 4.98 Å². The molecule has 2 N–H and O–H groups in total. The first-order valence-corrected chi connectivity index (χ1v) is 5.04. The minimum atomic E-state index is 0.655. The van der Waals surface area contributed by atoms with Gasteiger partial charge in [-0.3, -0.25) is 0 Å². The Morgan fingerprint density at radius 2 is 2.07 bits per heavy atom. The maximum atomic E-state index is 4.30. The van der Waals surface area contributed by atoms with E-state index < -0.39 is 0 Å². The van der Waals surface area contributed by atoms with Crippen LogP contribution in [0.5, 0.6) is 0 Å². The summed E-state index contributed by atoms with van der Waals surface area (Å²) < 4.78 is 0. The molecule has 0 aliphatic heterocycles. The number of nitrogens with one attached hydrogen (secondary N) is 2. The summed E-state index contributed by atoms with van der Waals surface area (Å²) in [4.78, 5) is 10.6. The monoisotopic (exact) mass is 209 g/mol. The number of aromatic nitrogens is 2. The van der Waals surface area contributed by atoms with Crippen LogP contribution in [-0.2, 0) is 0 Å². The first-order chi connectivity index (χ1) is 7.11. The van der Waals surface area contributed by atoms with Gasteiger partial charge in [-0.05, 0) is 21.0 Å². The van der Waals surface area contributed by atoms with Crippen molar-refractivity contribution in [1.82, 2.24) is 14.9 Å². The quantitative estimate of drug-likeness (QED) is 0.751. The van der Waals surface area contributed by atoms with Gasteiger partial charge in [-0.1, -0.05) is 0 Å². The lowest BCUT2D eigenvalue weighted by Crippen LogP contribution is -2.21. The lowest BCUT2D eigenvalue weighted by atomic mass is 10.4. The van der Waals surface area contributed by atoms with E-state index in [0.717, 1.165) is 24.6 Å². The molecule has 1 aromatic heterocycles. The second kappa shape index (κ2) is 5.50. The molecular weight excluding hydrogens is 190 g/mol. The van der Waals surface area contributed by atoms with E-state index in [1.54, 1.807) is 0 Å². The predicted octanol–water partition coefficient (Wildman–Crippen LogP) is 0.800. The molecule has 0 saturated heterocycles. The lowest BCUT2D eigenvalue weighted by Gasteiger charge is -2.11. The molecule has 0 atom stereocenters. The van der Waals surface area contributed by atoms with E-state index in [2.05, 4.69) is 25.5 Å². The Balaban J connectivity index is 2.56. The zero-order valence-corrected chi connectivity index (χ0v) is 9.83. The zero-order chi connectivity index (χ0) is 11.3. The van der Waals surface area contributed by atoms with Gasteiger partial charge in [0.1, 0.15) is 5.82 Å². The molecule has 5 nitrogen and oxygen atoms in total. The minimum absolute atomic E-state index is 0.655. The van der Waals surface area contributed by atoms with Crippen LogP contribution >= 0.6 is 0 Å². The first-order valence-electron chi connectivity index (χ1n) is 5.04. The van der Waals surface area contributed by atoms with Crippen molar-refractivity contribution in [1.29, 1.82) is 0 Å². The Labute approximate surface area is 90.9 Å². The van der Waals surface area contributed by atoms with E-state index in [1.807, 2.05) is 34.1 Å². The van der Waals surface area contributed by atoms with Crippen LogP contribution in [0.15, 0.2) is 6.07 Å². The molecule has 0 amide bonds. The van der Waals surface area contributed by atoms with Crippen LogP contribution in [-0.4, -0.2) is 49.1 Å². The van der Waals surface area contributed by atoms with Crippen molar-refractivity contribution in [2.24, 2.45) is 0 Å². The molecule has 0 radical (unpaired) electrons. The summed E-state index contributed by atoms with van der Waals surface area (Å²) in [6, 6.07) is 1.94. The van der Waals surface area contributed by atoms with Gasteiger partial charge in [0.05, 0.1) is 0 Å². The topological polar surface area (TPSA) is 53.1 Å². The van der Waals surface area contributed by atoms with Crippen LogP contribution in [0.4, 0.5) is 11.8 Å². The van der Waals surface area contributed by atoms with Crippen molar-refractivity contribution in [2.75, 3.05) is 44.9 Å². The Hall–Kier alpha value is -1.36. The molecule has 0 aromatic carbocycles. The van der Waals surface area contributed by atoms with E-state index in [-0.39, 0.29) is 0 Å². The van der Waals surface area contributed by atoms with E-state index in [1.165, 1.54) is 0 Å².